The van der Waals surface area contributed by atoms with Gasteiger partial charge in [0.05, 0.1) is 17.1 Å². The molecule has 1 aliphatic heterocycles. The lowest BCUT2D eigenvalue weighted by Gasteiger charge is -2.34. The highest BCUT2D eigenvalue weighted by Crippen LogP contribution is 2.42. The summed E-state index contributed by atoms with van der Waals surface area (Å²) in [6.07, 6.45) is 2.18. The third-order valence-corrected chi connectivity index (χ3v) is 7.43. The lowest BCUT2D eigenvalue weighted by atomic mass is 10.1. The first kappa shape index (κ1) is 21.2. The van der Waals surface area contributed by atoms with Gasteiger partial charge in [0, 0.05) is 49.6 Å². The van der Waals surface area contributed by atoms with Gasteiger partial charge in [-0.15, -0.1) is 16.4 Å². The number of carbonyl (C=O) groups is 1. The molecule has 1 aliphatic carbocycles. The van der Waals surface area contributed by atoms with Crippen LogP contribution in [0.1, 0.15) is 40.6 Å². The third kappa shape index (κ3) is 4.26. The molecule has 34 heavy (non-hydrogen) atoms. The van der Waals surface area contributed by atoms with E-state index in [9.17, 15) is 4.79 Å². The van der Waals surface area contributed by atoms with Gasteiger partial charge in [-0.2, -0.15) is 0 Å². The lowest BCUT2D eigenvalue weighted by Crippen LogP contribution is -2.48. The Hall–Kier alpha value is -3.36. The maximum absolute atomic E-state index is 13.4. The van der Waals surface area contributed by atoms with E-state index < -0.39 is 0 Å². The van der Waals surface area contributed by atoms with Crippen LogP contribution in [0.25, 0.3) is 16.3 Å². The molecule has 1 saturated heterocycles. The number of hydrogen-bond donors (Lipinski definition) is 0. The number of amides is 1. The van der Waals surface area contributed by atoms with E-state index in [1.807, 2.05) is 58.1 Å². The fraction of sp³-hybridized carbons (Fsp3) is 0.308. The van der Waals surface area contributed by atoms with Crippen LogP contribution in [0, 0.1) is 0 Å². The molecule has 172 valence electrons. The average Bonchev–Trinajstić information content (AvgIpc) is 3.46. The smallest absolute Gasteiger partial charge is 0.276 e. The van der Waals surface area contributed by atoms with Gasteiger partial charge in [-0.05, 0) is 25.0 Å². The summed E-state index contributed by atoms with van der Waals surface area (Å²) in [4.78, 5) is 22.5. The van der Waals surface area contributed by atoms with Crippen LogP contribution in [0.3, 0.4) is 0 Å². The Morgan fingerprint density at radius 3 is 2.35 bits per heavy atom. The molecule has 2 aliphatic rings. The minimum Gasteiger partial charge on any atom is -0.335 e. The summed E-state index contributed by atoms with van der Waals surface area (Å²) in [6, 6.07) is 20.3. The number of rotatable bonds is 6. The molecule has 2 fully saturated rings. The number of hydrogen-bond acceptors (Lipinski definition) is 6. The van der Waals surface area contributed by atoms with Gasteiger partial charge in [-0.3, -0.25) is 9.69 Å². The minimum atomic E-state index is 0.00348. The Morgan fingerprint density at radius 2 is 1.65 bits per heavy atom. The highest BCUT2D eigenvalue weighted by atomic mass is 32.1. The van der Waals surface area contributed by atoms with Crippen molar-refractivity contribution in [3.8, 4) is 16.3 Å². The molecular formula is C26H26N6OS. The number of piperazine rings is 1. The van der Waals surface area contributed by atoms with E-state index in [0.717, 1.165) is 60.1 Å². The molecule has 3 heterocycles. The maximum atomic E-state index is 13.4. The fourth-order valence-corrected chi connectivity index (χ4v) is 5.32. The molecule has 2 aromatic heterocycles. The number of benzene rings is 2. The van der Waals surface area contributed by atoms with Crippen LogP contribution in [0.15, 0.2) is 66.0 Å². The molecule has 2 aromatic carbocycles. The summed E-state index contributed by atoms with van der Waals surface area (Å²) in [6.45, 7) is 3.85. The number of aromatic nitrogens is 4. The summed E-state index contributed by atoms with van der Waals surface area (Å²) in [5, 5.41) is 11.9. The normalized spacial score (nSPS) is 16.6. The van der Waals surface area contributed by atoms with Gasteiger partial charge in [0.2, 0.25) is 0 Å². The first-order valence-electron chi connectivity index (χ1n) is 11.8. The van der Waals surface area contributed by atoms with Crippen molar-refractivity contribution in [2.24, 2.45) is 0 Å². The summed E-state index contributed by atoms with van der Waals surface area (Å²) >= 11 is 1.68. The molecule has 0 radical (unpaired) electrons. The predicted molar refractivity (Wildman–Crippen MR) is 132 cm³/mol. The van der Waals surface area contributed by atoms with Crippen LogP contribution in [0.4, 0.5) is 0 Å². The van der Waals surface area contributed by atoms with Gasteiger partial charge in [-0.25, -0.2) is 9.67 Å². The molecular weight excluding hydrogens is 444 g/mol. The van der Waals surface area contributed by atoms with Crippen LogP contribution < -0.4 is 0 Å². The van der Waals surface area contributed by atoms with Crippen LogP contribution >= 0.6 is 11.3 Å². The van der Waals surface area contributed by atoms with Crippen molar-refractivity contribution in [2.45, 2.75) is 25.3 Å². The van der Waals surface area contributed by atoms with Crippen molar-refractivity contribution >= 4 is 17.2 Å². The van der Waals surface area contributed by atoms with E-state index in [4.69, 9.17) is 4.98 Å². The van der Waals surface area contributed by atoms with E-state index in [1.165, 1.54) is 0 Å². The fourth-order valence-electron chi connectivity index (χ4n) is 4.51. The molecule has 0 N–H and O–H groups in total. The summed E-state index contributed by atoms with van der Waals surface area (Å²) < 4.78 is 1.85. The molecule has 8 heteroatoms. The van der Waals surface area contributed by atoms with E-state index >= 15 is 0 Å². The summed E-state index contributed by atoms with van der Waals surface area (Å²) in [5.41, 5.74) is 4.69. The molecule has 0 spiro atoms. The van der Waals surface area contributed by atoms with Crippen LogP contribution in [-0.4, -0.2) is 61.9 Å². The van der Waals surface area contributed by atoms with Gasteiger partial charge in [-0.1, -0.05) is 53.7 Å². The predicted octanol–water partition coefficient (Wildman–Crippen LogP) is 4.23. The molecule has 0 atom stereocenters. The van der Waals surface area contributed by atoms with Crippen molar-refractivity contribution in [3.05, 3.63) is 83.1 Å². The Labute approximate surface area is 202 Å². The highest BCUT2D eigenvalue weighted by molar-refractivity contribution is 7.13. The molecule has 6 rings (SSSR count). The van der Waals surface area contributed by atoms with Crippen molar-refractivity contribution in [1.29, 1.82) is 0 Å². The van der Waals surface area contributed by atoms with Crippen molar-refractivity contribution in [3.63, 3.8) is 0 Å². The largest absolute Gasteiger partial charge is 0.335 e. The first-order valence-corrected chi connectivity index (χ1v) is 12.7. The zero-order valence-electron chi connectivity index (χ0n) is 18.9. The Bertz CT molecular complexity index is 1270. The average molecular weight is 471 g/mol. The van der Waals surface area contributed by atoms with Crippen molar-refractivity contribution in [2.75, 3.05) is 26.2 Å². The monoisotopic (exact) mass is 470 g/mol. The van der Waals surface area contributed by atoms with Crippen LogP contribution in [0.2, 0.25) is 0 Å². The number of para-hydroxylation sites is 1. The van der Waals surface area contributed by atoms with Gasteiger partial charge in [0.25, 0.3) is 5.91 Å². The Kier molecular flexibility index (Phi) is 5.68. The van der Waals surface area contributed by atoms with Crippen LogP contribution in [-0.2, 0) is 6.54 Å². The number of thiazole rings is 1. The molecule has 1 amide bonds. The first-order chi connectivity index (χ1) is 16.8. The SMILES string of the molecule is O=C(c1nnn(-c2ccccc2)c1C1CC1)N1CCN(Cc2csc(-c3ccccc3)n2)CC1. The quantitative estimate of drug-likeness (QED) is 0.422. The Balaban J connectivity index is 1.11. The van der Waals surface area contributed by atoms with E-state index in [-0.39, 0.29) is 5.91 Å². The topological polar surface area (TPSA) is 67.2 Å². The minimum absolute atomic E-state index is 0.00348. The maximum Gasteiger partial charge on any atom is 0.276 e. The van der Waals surface area contributed by atoms with Gasteiger partial charge < -0.3 is 4.90 Å². The zero-order valence-corrected chi connectivity index (χ0v) is 19.7. The second-order valence-corrected chi connectivity index (χ2v) is 9.78. The second kappa shape index (κ2) is 9.12. The molecule has 0 bridgehead atoms. The standard InChI is InChI=1S/C26H26N6OS/c33-26(23-24(19-11-12-19)32(29-28-23)22-9-5-2-6-10-22)31-15-13-30(14-16-31)17-21-18-34-25(27-21)20-7-3-1-4-8-20/h1-10,18-19H,11-17H2. The zero-order chi connectivity index (χ0) is 22.9. The molecule has 4 aromatic rings. The third-order valence-electron chi connectivity index (χ3n) is 6.49. The van der Waals surface area contributed by atoms with Crippen molar-refractivity contribution < 1.29 is 4.79 Å². The molecule has 7 nitrogen and oxygen atoms in total. The molecule has 1 saturated carbocycles. The van der Waals surface area contributed by atoms with E-state index in [2.05, 4.69) is 32.7 Å². The molecule has 0 unspecified atom stereocenters. The number of carbonyl (C=O) groups excluding carboxylic acids is 1. The van der Waals surface area contributed by atoms with Crippen LogP contribution in [0.5, 0.6) is 0 Å². The highest BCUT2D eigenvalue weighted by Gasteiger charge is 2.36. The Morgan fingerprint density at radius 1 is 0.941 bits per heavy atom. The van der Waals surface area contributed by atoms with Crippen molar-refractivity contribution in [1.82, 2.24) is 29.8 Å². The van der Waals surface area contributed by atoms with Gasteiger partial charge in [0.15, 0.2) is 5.69 Å². The second-order valence-electron chi connectivity index (χ2n) is 8.92. The van der Waals surface area contributed by atoms with Gasteiger partial charge in [0.1, 0.15) is 5.01 Å². The summed E-state index contributed by atoms with van der Waals surface area (Å²) in [5.74, 6) is 0.377. The summed E-state index contributed by atoms with van der Waals surface area (Å²) in [7, 11) is 0. The van der Waals surface area contributed by atoms with E-state index in [0.29, 0.717) is 24.7 Å². The number of nitrogens with zero attached hydrogens (tertiary/aromatic N) is 6. The van der Waals surface area contributed by atoms with E-state index in [1.54, 1.807) is 11.3 Å². The lowest BCUT2D eigenvalue weighted by molar-refractivity contribution is 0.0620. The van der Waals surface area contributed by atoms with Gasteiger partial charge >= 0.3 is 0 Å².